The molecule has 0 radical (unpaired) electrons. The second-order valence-electron chi connectivity index (χ2n) is 6.99. The van der Waals surface area contributed by atoms with Crippen LogP contribution in [0.2, 0.25) is 0 Å². The zero-order valence-corrected chi connectivity index (χ0v) is 14.8. The molecular formula is C18H25NO3S. The molecule has 1 aromatic rings. The fourth-order valence-corrected chi connectivity index (χ4v) is 5.07. The number of fused-ring (bicyclic) bond motifs is 4. The monoisotopic (exact) mass is 335 g/mol. The van der Waals surface area contributed by atoms with Crippen LogP contribution in [-0.2, 0) is 14.2 Å². The van der Waals surface area contributed by atoms with Gasteiger partial charge in [0.2, 0.25) is 0 Å². The molecule has 0 bridgehead atoms. The van der Waals surface area contributed by atoms with Crippen LogP contribution in [-0.4, -0.2) is 42.6 Å². The minimum Gasteiger partial charge on any atom is -0.368 e. The van der Waals surface area contributed by atoms with Gasteiger partial charge in [-0.2, -0.15) is 0 Å². The molecule has 0 unspecified atom stereocenters. The minimum absolute atomic E-state index is 0.0131. The number of thioether (sulfide) groups is 1. The Hall–Kier alpha value is -0.750. The number of rotatable bonds is 3. The molecule has 0 spiro atoms. The fourth-order valence-electron chi connectivity index (χ4n) is 3.68. The van der Waals surface area contributed by atoms with Gasteiger partial charge in [0.1, 0.15) is 6.10 Å². The first-order valence-electron chi connectivity index (χ1n) is 8.59. The Labute approximate surface area is 142 Å². The predicted octanol–water partition coefficient (Wildman–Crippen LogP) is 3.64. The van der Waals surface area contributed by atoms with E-state index in [1.807, 2.05) is 25.6 Å². The van der Waals surface area contributed by atoms with Crippen LogP contribution < -0.4 is 4.90 Å². The molecule has 1 aromatic carbocycles. The van der Waals surface area contributed by atoms with Gasteiger partial charge in [-0.3, -0.25) is 0 Å². The molecule has 3 heterocycles. The van der Waals surface area contributed by atoms with Gasteiger partial charge in [-0.15, -0.1) is 11.8 Å². The largest absolute Gasteiger partial charge is 0.368 e. The summed E-state index contributed by atoms with van der Waals surface area (Å²) in [5.74, 6) is -0.547. The van der Waals surface area contributed by atoms with Crippen LogP contribution >= 0.6 is 11.8 Å². The Balaban J connectivity index is 1.62. The van der Waals surface area contributed by atoms with Crippen molar-refractivity contribution < 1.29 is 14.2 Å². The highest BCUT2D eigenvalue weighted by Crippen LogP contribution is 2.48. The van der Waals surface area contributed by atoms with Crippen molar-refractivity contribution in [2.45, 2.75) is 68.0 Å². The second kappa shape index (κ2) is 5.96. The number of ether oxygens (including phenoxy) is 3. The van der Waals surface area contributed by atoms with E-state index in [0.717, 1.165) is 13.1 Å². The van der Waals surface area contributed by atoms with Crippen molar-refractivity contribution in [3.05, 3.63) is 24.3 Å². The lowest BCUT2D eigenvalue weighted by atomic mass is 10.1. The molecular weight excluding hydrogens is 310 g/mol. The van der Waals surface area contributed by atoms with Crippen molar-refractivity contribution in [1.82, 2.24) is 0 Å². The molecule has 23 heavy (non-hydrogen) atoms. The van der Waals surface area contributed by atoms with E-state index in [0.29, 0.717) is 0 Å². The van der Waals surface area contributed by atoms with Gasteiger partial charge in [0.25, 0.3) is 0 Å². The summed E-state index contributed by atoms with van der Waals surface area (Å²) in [6.07, 6.45) is 2.33. The van der Waals surface area contributed by atoms with Crippen LogP contribution in [0.1, 0.15) is 33.6 Å². The van der Waals surface area contributed by atoms with E-state index in [4.69, 9.17) is 14.2 Å². The maximum Gasteiger partial charge on any atom is 0.188 e. The Bertz CT molecular complexity index is 579. The number of unbranched alkanes of at least 4 members (excludes halogenated alkanes) is 1. The van der Waals surface area contributed by atoms with Gasteiger partial charge >= 0.3 is 0 Å². The summed E-state index contributed by atoms with van der Waals surface area (Å²) >= 11 is 1.89. The lowest BCUT2D eigenvalue weighted by molar-refractivity contribution is -0.202. The lowest BCUT2D eigenvalue weighted by Gasteiger charge is -2.28. The maximum atomic E-state index is 6.24. The van der Waals surface area contributed by atoms with Crippen LogP contribution in [0, 0.1) is 0 Å². The van der Waals surface area contributed by atoms with Gasteiger partial charge < -0.3 is 19.1 Å². The topological polar surface area (TPSA) is 30.9 Å². The molecule has 4 atom stereocenters. The zero-order chi connectivity index (χ0) is 16.0. The van der Waals surface area contributed by atoms with Gasteiger partial charge in [-0.25, -0.2) is 0 Å². The Kier molecular flexibility index (Phi) is 4.08. The van der Waals surface area contributed by atoms with E-state index in [2.05, 4.69) is 36.1 Å². The van der Waals surface area contributed by atoms with E-state index in [1.54, 1.807) is 0 Å². The van der Waals surface area contributed by atoms with E-state index in [9.17, 15) is 0 Å². The first kappa shape index (κ1) is 15.8. The summed E-state index contributed by atoms with van der Waals surface area (Å²) < 4.78 is 18.3. The quantitative estimate of drug-likeness (QED) is 0.842. The third-order valence-corrected chi connectivity index (χ3v) is 6.18. The van der Waals surface area contributed by atoms with Crippen molar-refractivity contribution in [2.75, 3.05) is 18.0 Å². The number of para-hydroxylation sites is 1. The number of nitrogens with zero attached hydrogens (tertiary/aromatic N) is 1. The zero-order valence-electron chi connectivity index (χ0n) is 14.0. The summed E-state index contributed by atoms with van der Waals surface area (Å²) in [4.78, 5) is 3.80. The van der Waals surface area contributed by atoms with Gasteiger partial charge in [0.15, 0.2) is 12.1 Å². The normalized spacial score (nSPS) is 34.7. The molecule has 126 valence electrons. The summed E-state index contributed by atoms with van der Waals surface area (Å²) in [6.45, 7) is 8.15. The van der Waals surface area contributed by atoms with Gasteiger partial charge in [0, 0.05) is 18.0 Å². The van der Waals surface area contributed by atoms with Gasteiger partial charge in [0.05, 0.1) is 17.0 Å². The molecule has 4 rings (SSSR count). The lowest BCUT2D eigenvalue weighted by Crippen LogP contribution is -2.39. The number of benzene rings is 1. The number of anilines is 1. The third kappa shape index (κ3) is 2.88. The van der Waals surface area contributed by atoms with Crippen LogP contribution in [0.4, 0.5) is 5.69 Å². The molecule has 2 saturated heterocycles. The molecule has 0 saturated carbocycles. The highest BCUT2D eigenvalue weighted by atomic mass is 32.2. The van der Waals surface area contributed by atoms with E-state index >= 15 is 0 Å². The van der Waals surface area contributed by atoms with Crippen molar-refractivity contribution in [3.8, 4) is 0 Å². The number of hydrogen-bond acceptors (Lipinski definition) is 5. The number of hydrogen-bond donors (Lipinski definition) is 0. The first-order chi connectivity index (χ1) is 11.1. The van der Waals surface area contributed by atoms with Crippen LogP contribution in [0.5, 0.6) is 0 Å². The smallest absolute Gasteiger partial charge is 0.188 e. The summed E-state index contributed by atoms with van der Waals surface area (Å²) in [5.41, 5.74) is 1.33. The second-order valence-corrected chi connectivity index (χ2v) is 8.21. The summed E-state index contributed by atoms with van der Waals surface area (Å²) in [7, 11) is 0. The first-order valence-corrected chi connectivity index (χ1v) is 9.47. The molecule has 0 N–H and O–H groups in total. The van der Waals surface area contributed by atoms with Gasteiger partial charge in [-0.1, -0.05) is 25.5 Å². The van der Waals surface area contributed by atoms with E-state index in [-0.39, 0.29) is 23.7 Å². The Morgan fingerprint density at radius 2 is 2.09 bits per heavy atom. The standard InChI is InChI=1S/C18H25NO3S/c1-4-5-10-19-11-13-16(23-14-9-7-6-8-12(14)19)15-17(20-13)22-18(2,3)21-15/h6-9,13,15-17H,4-5,10-11H2,1-3H3/t13-,15-,16+,17-/m1/s1. The van der Waals surface area contributed by atoms with Crippen LogP contribution in [0.15, 0.2) is 29.2 Å². The third-order valence-electron chi connectivity index (χ3n) is 4.74. The Morgan fingerprint density at radius 1 is 1.26 bits per heavy atom. The molecule has 4 nitrogen and oxygen atoms in total. The molecule has 3 aliphatic heterocycles. The fraction of sp³-hybridized carbons (Fsp3) is 0.667. The molecule has 3 aliphatic rings. The van der Waals surface area contributed by atoms with E-state index in [1.165, 1.54) is 23.4 Å². The minimum atomic E-state index is -0.547. The maximum absolute atomic E-state index is 6.24. The molecule has 0 aliphatic carbocycles. The SMILES string of the molecule is CCCCN1C[C@H]2O[C@@H]3OC(C)(C)O[C@@H]3[C@H]2Sc2ccccc21. The molecule has 5 heteroatoms. The van der Waals surface area contributed by atoms with Crippen LogP contribution in [0.25, 0.3) is 0 Å². The van der Waals surface area contributed by atoms with Crippen molar-refractivity contribution in [1.29, 1.82) is 0 Å². The summed E-state index contributed by atoms with van der Waals surface area (Å²) in [6, 6.07) is 8.69. The summed E-state index contributed by atoms with van der Waals surface area (Å²) in [5, 5.41) is 0.287. The average Bonchev–Trinajstić information content (AvgIpc) is 2.91. The Morgan fingerprint density at radius 3 is 2.91 bits per heavy atom. The molecule has 0 aromatic heterocycles. The highest BCUT2D eigenvalue weighted by Gasteiger charge is 2.56. The van der Waals surface area contributed by atoms with Gasteiger partial charge in [-0.05, 0) is 32.4 Å². The molecule has 0 amide bonds. The highest BCUT2D eigenvalue weighted by molar-refractivity contribution is 8.00. The van der Waals surface area contributed by atoms with E-state index < -0.39 is 5.79 Å². The van der Waals surface area contributed by atoms with Crippen molar-refractivity contribution in [3.63, 3.8) is 0 Å². The molecule has 2 fully saturated rings. The average molecular weight is 335 g/mol. The van der Waals surface area contributed by atoms with Crippen molar-refractivity contribution in [2.24, 2.45) is 0 Å². The van der Waals surface area contributed by atoms with Crippen molar-refractivity contribution >= 4 is 17.4 Å². The van der Waals surface area contributed by atoms with Crippen LogP contribution in [0.3, 0.4) is 0 Å². The predicted molar refractivity (Wildman–Crippen MR) is 91.9 cm³/mol.